The molecule has 0 unspecified atom stereocenters. The zero-order chi connectivity index (χ0) is 32.9. The molecule has 4 rings (SSSR count). The third-order valence-corrected chi connectivity index (χ3v) is 7.56. The minimum atomic E-state index is -1.11. The number of aryl methyl sites for hydroxylation is 1. The minimum absolute atomic E-state index is 0.0833. The van der Waals surface area contributed by atoms with Crippen molar-refractivity contribution >= 4 is 18.2 Å². The second-order valence-electron chi connectivity index (χ2n) is 11.9. The van der Waals surface area contributed by atoms with Gasteiger partial charge in [0.15, 0.2) is 17.7 Å². The summed E-state index contributed by atoms with van der Waals surface area (Å²) in [7, 11) is 1.28. The maximum Gasteiger partial charge on any atom is 0.337 e. The Labute approximate surface area is 264 Å². The van der Waals surface area contributed by atoms with E-state index in [4.69, 9.17) is 14.2 Å². The molecular formula is C34H43N5O6. The largest absolute Gasteiger partial charge is 0.490 e. The fraction of sp³-hybridized carbons (Fsp3) is 0.382. The number of carbonyl (C=O) groups is 2. The van der Waals surface area contributed by atoms with Crippen molar-refractivity contribution in [2.45, 2.75) is 66.2 Å². The Kier molecular flexibility index (Phi) is 10.2. The van der Waals surface area contributed by atoms with Gasteiger partial charge in [-0.05, 0) is 74.6 Å². The van der Waals surface area contributed by atoms with Crippen molar-refractivity contribution in [1.82, 2.24) is 20.6 Å². The predicted molar refractivity (Wildman–Crippen MR) is 173 cm³/mol. The molecule has 4 N–H and O–H groups in total. The van der Waals surface area contributed by atoms with Gasteiger partial charge in [0.05, 0.1) is 31.5 Å². The van der Waals surface area contributed by atoms with Crippen molar-refractivity contribution in [1.29, 1.82) is 0 Å². The van der Waals surface area contributed by atoms with E-state index >= 15 is 0 Å². The molecule has 11 nitrogen and oxygen atoms in total. The summed E-state index contributed by atoms with van der Waals surface area (Å²) in [5, 5.41) is 20.1. The van der Waals surface area contributed by atoms with Crippen LogP contribution in [-0.2, 0) is 14.9 Å². The number of rotatable bonds is 11. The number of aromatic nitrogens is 1. The molecule has 1 aliphatic rings. The van der Waals surface area contributed by atoms with Crippen LogP contribution in [0.15, 0.2) is 64.9 Å². The minimum Gasteiger partial charge on any atom is -0.490 e. The number of methoxy groups -OCH3 is 1. The summed E-state index contributed by atoms with van der Waals surface area (Å²) in [6.45, 7) is 14.4. The third-order valence-electron chi connectivity index (χ3n) is 7.56. The van der Waals surface area contributed by atoms with Crippen molar-refractivity contribution in [3.05, 3.63) is 87.9 Å². The topological polar surface area (TPSA) is 135 Å². The quantitative estimate of drug-likeness (QED) is 0.104. The van der Waals surface area contributed by atoms with Gasteiger partial charge in [-0.2, -0.15) is 5.10 Å². The smallest absolute Gasteiger partial charge is 0.337 e. The molecule has 2 aromatic carbocycles. The molecule has 1 aromatic heterocycles. The van der Waals surface area contributed by atoms with Gasteiger partial charge in [-0.1, -0.05) is 39.0 Å². The molecule has 3 aromatic rings. The van der Waals surface area contributed by atoms with Crippen LogP contribution in [0.4, 0.5) is 4.79 Å². The van der Waals surface area contributed by atoms with E-state index < -0.39 is 24.3 Å². The average molecular weight is 618 g/mol. The van der Waals surface area contributed by atoms with E-state index in [1.807, 2.05) is 26.8 Å². The highest BCUT2D eigenvalue weighted by molar-refractivity contribution is 5.95. The molecule has 0 radical (unpaired) electrons. The number of hydrogen-bond acceptors (Lipinski definition) is 8. The van der Waals surface area contributed by atoms with E-state index in [2.05, 4.69) is 70.8 Å². The lowest BCUT2D eigenvalue weighted by Gasteiger charge is -2.28. The van der Waals surface area contributed by atoms with Crippen LogP contribution < -0.4 is 25.5 Å². The van der Waals surface area contributed by atoms with Gasteiger partial charge in [0.1, 0.15) is 6.61 Å². The molecule has 0 saturated carbocycles. The summed E-state index contributed by atoms with van der Waals surface area (Å²) in [6, 6.07) is 14.5. The maximum atomic E-state index is 12.5. The van der Waals surface area contributed by atoms with Crippen LogP contribution in [0.3, 0.4) is 0 Å². The van der Waals surface area contributed by atoms with Crippen LogP contribution in [0.5, 0.6) is 11.5 Å². The van der Waals surface area contributed by atoms with Crippen molar-refractivity contribution < 1.29 is 28.9 Å². The monoisotopic (exact) mass is 617 g/mol. The lowest BCUT2D eigenvalue weighted by atomic mass is 9.87. The number of aliphatic hydroxyl groups excluding tert-OH is 1. The number of nitrogens with one attached hydrogen (secondary N) is 3. The summed E-state index contributed by atoms with van der Waals surface area (Å²) in [6.07, 6.45) is 0.567. The first-order chi connectivity index (χ1) is 21.3. The summed E-state index contributed by atoms with van der Waals surface area (Å²) >= 11 is 0. The van der Waals surface area contributed by atoms with Gasteiger partial charge < -0.3 is 34.5 Å². The molecule has 240 valence electrons. The lowest BCUT2D eigenvalue weighted by molar-refractivity contribution is -0.136. The lowest BCUT2D eigenvalue weighted by Crippen LogP contribution is -2.45. The Morgan fingerprint density at radius 1 is 1.09 bits per heavy atom. The number of hydrazone groups is 1. The highest BCUT2D eigenvalue weighted by Gasteiger charge is 2.32. The number of urea groups is 1. The van der Waals surface area contributed by atoms with E-state index in [-0.39, 0.29) is 17.6 Å². The van der Waals surface area contributed by atoms with Gasteiger partial charge in [0.25, 0.3) is 0 Å². The van der Waals surface area contributed by atoms with Crippen LogP contribution in [0.25, 0.3) is 5.69 Å². The van der Waals surface area contributed by atoms with Crippen LogP contribution in [-0.4, -0.2) is 54.4 Å². The number of benzene rings is 2. The van der Waals surface area contributed by atoms with Crippen LogP contribution in [0.2, 0.25) is 0 Å². The fourth-order valence-electron chi connectivity index (χ4n) is 5.24. The van der Waals surface area contributed by atoms with E-state index in [0.717, 1.165) is 22.6 Å². The normalized spacial score (nSPS) is 15.8. The molecule has 0 saturated heterocycles. The Morgan fingerprint density at radius 3 is 2.44 bits per heavy atom. The van der Waals surface area contributed by atoms with E-state index in [0.29, 0.717) is 29.4 Å². The molecule has 0 spiro atoms. The van der Waals surface area contributed by atoms with E-state index in [9.17, 15) is 14.7 Å². The Morgan fingerprint density at radius 2 is 1.80 bits per heavy atom. The molecule has 0 aliphatic carbocycles. The molecule has 11 heteroatoms. The van der Waals surface area contributed by atoms with Gasteiger partial charge in [-0.25, -0.2) is 9.59 Å². The number of nitrogens with zero attached hydrogens (tertiary/aromatic N) is 2. The second kappa shape index (κ2) is 13.9. The first-order valence-corrected chi connectivity index (χ1v) is 14.9. The molecule has 0 fully saturated rings. The molecular weight excluding hydrogens is 574 g/mol. The maximum absolute atomic E-state index is 12.5. The van der Waals surface area contributed by atoms with Crippen molar-refractivity contribution in [3.63, 3.8) is 0 Å². The standard InChI is InChI=1S/C34H43N5O6/c1-9-44-28-17-23(31-30(32(41)43-8)21(3)36-33(42)37-31)10-15-27(28)45-19-29(40)38-35-18-24-16-20(2)39(22(24)4)26-13-11-25(12-14-26)34(5,6)7/h10-18,29,31,38,40H,9,19H2,1-8H3,(H2,36,37,42)/b35-18-/t29-,31+/m1/s1. The number of ether oxygens (including phenoxy) is 3. The number of carbonyl (C=O) groups excluding carboxylic acids is 2. The number of aliphatic hydroxyl groups is 1. The molecule has 0 bridgehead atoms. The first kappa shape index (κ1) is 33.1. The summed E-state index contributed by atoms with van der Waals surface area (Å²) in [5.74, 6) is 0.213. The SMILES string of the molecule is CCOc1cc([C@@H]2NC(=O)NC(C)=C2C(=O)OC)ccc1OC[C@@H](O)N/N=C\c1cc(C)n(-c2ccc(C(C)(C)C)cc2)c1C. The highest BCUT2D eigenvalue weighted by atomic mass is 16.5. The van der Waals surface area contributed by atoms with Crippen molar-refractivity contribution in [3.8, 4) is 17.2 Å². The number of allylic oxidation sites excluding steroid dienone is 1. The molecule has 45 heavy (non-hydrogen) atoms. The van der Waals surface area contributed by atoms with Gasteiger partial charge in [0, 0.05) is 28.3 Å². The van der Waals surface area contributed by atoms with Gasteiger partial charge in [0.2, 0.25) is 0 Å². The highest BCUT2D eigenvalue weighted by Crippen LogP contribution is 2.35. The third kappa shape index (κ3) is 7.66. The first-order valence-electron chi connectivity index (χ1n) is 14.9. The summed E-state index contributed by atoms with van der Waals surface area (Å²) in [4.78, 5) is 24.6. The molecule has 2 amide bonds. The van der Waals surface area contributed by atoms with Gasteiger partial charge in [-0.15, -0.1) is 0 Å². The number of hydrogen-bond donors (Lipinski definition) is 4. The Balaban J connectivity index is 1.42. The second-order valence-corrected chi connectivity index (χ2v) is 11.9. The fourth-order valence-corrected chi connectivity index (χ4v) is 5.24. The average Bonchev–Trinajstić information content (AvgIpc) is 3.27. The van der Waals surface area contributed by atoms with Crippen LogP contribution in [0, 0.1) is 13.8 Å². The van der Waals surface area contributed by atoms with Crippen molar-refractivity contribution in [2.24, 2.45) is 5.10 Å². The number of amides is 2. The Hall–Kier alpha value is -4.77. The van der Waals surface area contributed by atoms with Gasteiger partial charge >= 0.3 is 12.0 Å². The number of esters is 1. The molecule has 2 heterocycles. The zero-order valence-corrected chi connectivity index (χ0v) is 27.1. The van der Waals surface area contributed by atoms with Crippen molar-refractivity contribution in [2.75, 3.05) is 20.3 Å². The summed E-state index contributed by atoms with van der Waals surface area (Å²) in [5.41, 5.74) is 9.45. The van der Waals surface area contributed by atoms with Gasteiger partial charge in [-0.3, -0.25) is 5.43 Å². The van der Waals surface area contributed by atoms with E-state index in [1.54, 1.807) is 31.3 Å². The predicted octanol–water partition coefficient (Wildman–Crippen LogP) is 4.91. The molecule has 2 atom stereocenters. The van der Waals surface area contributed by atoms with Crippen LogP contribution in [0.1, 0.15) is 68.7 Å². The zero-order valence-electron chi connectivity index (χ0n) is 27.1. The Bertz CT molecular complexity index is 1600. The van der Waals surface area contributed by atoms with Crippen LogP contribution >= 0.6 is 0 Å². The summed E-state index contributed by atoms with van der Waals surface area (Å²) < 4.78 is 18.7. The van der Waals surface area contributed by atoms with E-state index in [1.165, 1.54) is 12.7 Å². The molecule has 1 aliphatic heterocycles.